The average molecular weight is 743 g/mol. The van der Waals surface area contributed by atoms with Gasteiger partial charge >= 0.3 is 0 Å². The lowest BCUT2D eigenvalue weighted by atomic mass is 10.1. The van der Waals surface area contributed by atoms with Gasteiger partial charge in [-0.2, -0.15) is 0 Å². The second-order valence-electron chi connectivity index (χ2n) is 12.0. The second-order valence-corrected chi connectivity index (χ2v) is 12.0. The normalized spacial score (nSPS) is 11.6. The molecule has 0 aliphatic heterocycles. The van der Waals surface area contributed by atoms with Gasteiger partial charge in [0.15, 0.2) is 0 Å². The van der Waals surface area contributed by atoms with Crippen LogP contribution in [0, 0.1) is 0 Å². The van der Waals surface area contributed by atoms with E-state index in [1.807, 2.05) is 0 Å². The summed E-state index contributed by atoms with van der Waals surface area (Å²) in [6.45, 7) is 15.1. The highest BCUT2D eigenvalue weighted by atomic mass is 16.6. The van der Waals surface area contributed by atoms with E-state index < -0.39 is 0 Å². The van der Waals surface area contributed by atoms with Gasteiger partial charge in [0.25, 0.3) is 0 Å². The van der Waals surface area contributed by atoms with Gasteiger partial charge in [0.05, 0.1) is 159 Å². The van der Waals surface area contributed by atoms with Gasteiger partial charge in [0.1, 0.15) is 0 Å². The van der Waals surface area contributed by atoms with Crippen molar-refractivity contribution < 1.29 is 61.9 Å². The van der Waals surface area contributed by atoms with Crippen molar-refractivity contribution >= 4 is 0 Å². The molecule has 0 aliphatic carbocycles. The Morgan fingerprint density at radius 2 is 0.392 bits per heavy atom. The van der Waals surface area contributed by atoms with Gasteiger partial charge in [0.2, 0.25) is 0 Å². The van der Waals surface area contributed by atoms with Crippen molar-refractivity contribution in [1.29, 1.82) is 0 Å². The van der Waals surface area contributed by atoms with E-state index in [4.69, 9.17) is 61.9 Å². The fourth-order valence-electron chi connectivity index (χ4n) is 4.63. The van der Waals surface area contributed by atoms with E-state index in [1.165, 1.54) is 70.6 Å². The lowest BCUT2D eigenvalue weighted by molar-refractivity contribution is -0.0286. The number of unbranched alkanes of at least 4 members (excludes halogenated alkanes) is 11. The first kappa shape index (κ1) is 50.5. The molecule has 0 amide bonds. The minimum atomic E-state index is 0.0270. The molecule has 0 spiro atoms. The summed E-state index contributed by atoms with van der Waals surface area (Å²) in [5, 5.41) is 8.59. The summed E-state index contributed by atoms with van der Waals surface area (Å²) in [6.07, 6.45) is 16.3. The van der Waals surface area contributed by atoms with E-state index in [0.29, 0.717) is 152 Å². The molecule has 0 aromatic rings. The second kappa shape index (κ2) is 49.5. The molecular formula is C38H78O13. The van der Waals surface area contributed by atoms with E-state index in [0.717, 1.165) is 13.0 Å². The fraction of sp³-hybridized carbons (Fsp3) is 1.00. The zero-order chi connectivity index (χ0) is 36.6. The first-order valence-electron chi connectivity index (χ1n) is 20.0. The molecule has 308 valence electrons. The number of hydrogen-bond donors (Lipinski definition) is 1. The molecule has 13 heteroatoms. The van der Waals surface area contributed by atoms with Gasteiger partial charge in [-0.25, -0.2) is 0 Å². The molecule has 0 unspecified atom stereocenters. The molecule has 0 atom stereocenters. The van der Waals surface area contributed by atoms with Crippen LogP contribution < -0.4 is 0 Å². The van der Waals surface area contributed by atoms with Crippen LogP contribution in [0.3, 0.4) is 0 Å². The molecule has 13 nitrogen and oxygen atoms in total. The van der Waals surface area contributed by atoms with Crippen LogP contribution in [0.15, 0.2) is 0 Å². The highest BCUT2D eigenvalue weighted by molar-refractivity contribution is 4.49. The van der Waals surface area contributed by atoms with Crippen molar-refractivity contribution in [3.05, 3.63) is 0 Å². The smallest absolute Gasteiger partial charge is 0.0701 e. The maximum atomic E-state index is 8.59. The Labute approximate surface area is 310 Å². The quantitative estimate of drug-likeness (QED) is 0.0852. The summed E-state index contributed by atoms with van der Waals surface area (Å²) in [5.74, 6) is 0. The molecule has 0 aromatic carbocycles. The first-order valence-corrected chi connectivity index (χ1v) is 20.0. The van der Waals surface area contributed by atoms with Crippen LogP contribution in [0.2, 0.25) is 0 Å². The van der Waals surface area contributed by atoms with Crippen molar-refractivity contribution in [2.75, 3.05) is 165 Å². The van der Waals surface area contributed by atoms with Crippen LogP contribution >= 0.6 is 0 Å². The van der Waals surface area contributed by atoms with Crippen molar-refractivity contribution in [3.8, 4) is 0 Å². The van der Waals surface area contributed by atoms with E-state index in [-0.39, 0.29) is 6.61 Å². The minimum Gasteiger partial charge on any atom is -0.394 e. The Kier molecular flexibility index (Phi) is 49.0. The van der Waals surface area contributed by atoms with Crippen LogP contribution in [0.5, 0.6) is 0 Å². The van der Waals surface area contributed by atoms with Crippen LogP contribution in [-0.4, -0.2) is 170 Å². The van der Waals surface area contributed by atoms with Crippen LogP contribution in [0.1, 0.15) is 84.0 Å². The number of aliphatic hydroxyl groups is 1. The zero-order valence-corrected chi connectivity index (χ0v) is 32.5. The SMILES string of the molecule is CCCCCCCCCCCCCCOCCOCCOCCOCCOCCOCCOCCOCCOCCOCCOCCOCCO. The average Bonchev–Trinajstić information content (AvgIpc) is 3.14. The molecule has 0 saturated carbocycles. The van der Waals surface area contributed by atoms with Crippen LogP contribution in [-0.2, 0) is 56.8 Å². The van der Waals surface area contributed by atoms with Gasteiger partial charge in [-0.15, -0.1) is 0 Å². The minimum absolute atomic E-state index is 0.0270. The summed E-state index contributed by atoms with van der Waals surface area (Å²) in [4.78, 5) is 0. The summed E-state index contributed by atoms with van der Waals surface area (Å²) >= 11 is 0. The molecule has 51 heavy (non-hydrogen) atoms. The topological polar surface area (TPSA) is 131 Å². The molecule has 0 heterocycles. The predicted octanol–water partition coefficient (Wildman–Crippen LogP) is 4.88. The van der Waals surface area contributed by atoms with Gasteiger partial charge in [-0.1, -0.05) is 77.6 Å². The first-order chi connectivity index (χ1) is 25.4. The molecule has 0 radical (unpaired) electrons. The van der Waals surface area contributed by atoms with Crippen molar-refractivity contribution in [2.45, 2.75) is 84.0 Å². The van der Waals surface area contributed by atoms with Crippen LogP contribution in [0.4, 0.5) is 0 Å². The van der Waals surface area contributed by atoms with Gasteiger partial charge in [-0.3, -0.25) is 0 Å². The van der Waals surface area contributed by atoms with Crippen molar-refractivity contribution in [2.24, 2.45) is 0 Å². The molecule has 0 fully saturated rings. The molecular weight excluding hydrogens is 664 g/mol. The Balaban J connectivity index is 3.04. The summed E-state index contributed by atoms with van der Waals surface area (Å²) in [5.41, 5.74) is 0. The molecule has 0 saturated heterocycles. The Morgan fingerprint density at radius 1 is 0.216 bits per heavy atom. The summed E-state index contributed by atoms with van der Waals surface area (Å²) in [7, 11) is 0. The third-order valence-corrected chi connectivity index (χ3v) is 7.47. The highest BCUT2D eigenvalue weighted by Crippen LogP contribution is 2.11. The molecule has 1 N–H and O–H groups in total. The van der Waals surface area contributed by atoms with Crippen molar-refractivity contribution in [3.63, 3.8) is 0 Å². The Bertz CT molecular complexity index is 544. The number of hydrogen-bond acceptors (Lipinski definition) is 13. The predicted molar refractivity (Wildman–Crippen MR) is 198 cm³/mol. The maximum absolute atomic E-state index is 8.59. The number of ether oxygens (including phenoxy) is 12. The summed E-state index contributed by atoms with van der Waals surface area (Å²) < 4.78 is 65.5. The van der Waals surface area contributed by atoms with Gasteiger partial charge in [0, 0.05) is 6.61 Å². The monoisotopic (exact) mass is 743 g/mol. The largest absolute Gasteiger partial charge is 0.394 e. The Morgan fingerprint density at radius 3 is 0.608 bits per heavy atom. The van der Waals surface area contributed by atoms with Crippen molar-refractivity contribution in [1.82, 2.24) is 0 Å². The maximum Gasteiger partial charge on any atom is 0.0701 e. The van der Waals surface area contributed by atoms with E-state index in [2.05, 4.69) is 6.92 Å². The third-order valence-electron chi connectivity index (χ3n) is 7.47. The standard InChI is InChI=1S/C38H78O13/c1-2-3-4-5-6-7-8-9-10-11-12-13-15-40-17-19-42-21-23-44-25-27-46-29-31-48-33-35-50-37-38-51-36-34-49-32-30-47-28-26-45-24-22-43-20-18-41-16-14-39/h39H,2-38H2,1H3. The Hall–Kier alpha value is -0.520. The summed E-state index contributed by atoms with van der Waals surface area (Å²) in [6, 6.07) is 0. The van der Waals surface area contributed by atoms with Gasteiger partial charge in [-0.05, 0) is 6.42 Å². The third kappa shape index (κ3) is 49.5. The fourth-order valence-corrected chi connectivity index (χ4v) is 4.63. The number of aliphatic hydroxyl groups excluding tert-OH is 1. The zero-order valence-electron chi connectivity index (χ0n) is 32.5. The lowest BCUT2D eigenvalue weighted by Crippen LogP contribution is -2.15. The molecule has 0 aromatic heterocycles. The van der Waals surface area contributed by atoms with Crippen LogP contribution in [0.25, 0.3) is 0 Å². The molecule has 0 aliphatic rings. The van der Waals surface area contributed by atoms with E-state index in [1.54, 1.807) is 0 Å². The van der Waals surface area contributed by atoms with E-state index >= 15 is 0 Å². The van der Waals surface area contributed by atoms with Gasteiger partial charge < -0.3 is 61.9 Å². The highest BCUT2D eigenvalue weighted by Gasteiger charge is 1.98. The molecule has 0 bridgehead atoms. The lowest BCUT2D eigenvalue weighted by Gasteiger charge is -2.09. The molecule has 0 rings (SSSR count). The van der Waals surface area contributed by atoms with E-state index in [9.17, 15) is 0 Å². The number of rotatable bonds is 48.